The lowest BCUT2D eigenvalue weighted by molar-refractivity contribution is -0.143. The van der Waals surface area contributed by atoms with Crippen LogP contribution in [-0.2, 0) is 31.9 Å². The van der Waals surface area contributed by atoms with Crippen molar-refractivity contribution in [3.05, 3.63) is 29.3 Å². The highest BCUT2D eigenvalue weighted by Gasteiger charge is 2.10. The molecule has 5 nitrogen and oxygen atoms in total. The SMILES string of the molecule is CCOC(=O)Cc1ccc(CC(=O)OCC)c(N)c1. The molecule has 0 saturated heterocycles. The normalized spacial score (nSPS) is 10.0. The number of hydrogen-bond donors (Lipinski definition) is 1. The second-order valence-electron chi connectivity index (χ2n) is 4.00. The lowest BCUT2D eigenvalue weighted by Crippen LogP contribution is -2.11. The van der Waals surface area contributed by atoms with Crippen LogP contribution < -0.4 is 5.73 Å². The van der Waals surface area contributed by atoms with Gasteiger partial charge in [0.2, 0.25) is 0 Å². The Morgan fingerprint density at radius 2 is 1.63 bits per heavy atom. The van der Waals surface area contributed by atoms with Crippen LogP contribution in [0, 0.1) is 0 Å². The monoisotopic (exact) mass is 265 g/mol. The predicted molar refractivity (Wildman–Crippen MR) is 71.5 cm³/mol. The van der Waals surface area contributed by atoms with Gasteiger partial charge in [-0.3, -0.25) is 9.59 Å². The minimum Gasteiger partial charge on any atom is -0.466 e. The van der Waals surface area contributed by atoms with Gasteiger partial charge in [0.25, 0.3) is 0 Å². The zero-order chi connectivity index (χ0) is 14.3. The highest BCUT2D eigenvalue weighted by molar-refractivity contribution is 5.76. The number of hydrogen-bond acceptors (Lipinski definition) is 5. The molecule has 0 amide bonds. The van der Waals surface area contributed by atoms with Gasteiger partial charge in [-0.25, -0.2) is 0 Å². The number of carbonyl (C=O) groups is 2. The summed E-state index contributed by atoms with van der Waals surface area (Å²) in [5.41, 5.74) is 7.80. The number of benzene rings is 1. The predicted octanol–water partition coefficient (Wildman–Crippen LogP) is 1.48. The van der Waals surface area contributed by atoms with Gasteiger partial charge in [-0.15, -0.1) is 0 Å². The van der Waals surface area contributed by atoms with E-state index in [1.165, 1.54) is 0 Å². The van der Waals surface area contributed by atoms with E-state index in [0.29, 0.717) is 24.5 Å². The minimum atomic E-state index is -0.313. The second kappa shape index (κ2) is 7.41. The van der Waals surface area contributed by atoms with Gasteiger partial charge in [0.1, 0.15) is 0 Å². The van der Waals surface area contributed by atoms with E-state index in [2.05, 4.69) is 0 Å². The summed E-state index contributed by atoms with van der Waals surface area (Å²) in [4.78, 5) is 22.7. The van der Waals surface area contributed by atoms with Gasteiger partial charge in [-0.05, 0) is 31.0 Å². The van der Waals surface area contributed by atoms with Crippen LogP contribution in [0.5, 0.6) is 0 Å². The maximum atomic E-state index is 11.4. The smallest absolute Gasteiger partial charge is 0.310 e. The van der Waals surface area contributed by atoms with Crippen molar-refractivity contribution in [3.63, 3.8) is 0 Å². The first kappa shape index (κ1) is 15.0. The molecule has 0 unspecified atom stereocenters. The standard InChI is InChI=1S/C14H19NO4/c1-3-18-13(16)8-10-5-6-11(12(15)7-10)9-14(17)19-4-2/h5-7H,3-4,8-9,15H2,1-2H3. The largest absolute Gasteiger partial charge is 0.466 e. The number of carbonyl (C=O) groups excluding carboxylic acids is 2. The molecule has 0 aromatic heterocycles. The van der Waals surface area contributed by atoms with Crippen LogP contribution in [0.4, 0.5) is 5.69 Å². The quantitative estimate of drug-likeness (QED) is 0.622. The number of rotatable bonds is 6. The molecule has 2 N–H and O–H groups in total. The van der Waals surface area contributed by atoms with Crippen molar-refractivity contribution in [2.45, 2.75) is 26.7 Å². The van der Waals surface area contributed by atoms with E-state index in [-0.39, 0.29) is 24.8 Å². The molecule has 5 heteroatoms. The summed E-state index contributed by atoms with van der Waals surface area (Å²) in [6.45, 7) is 4.22. The zero-order valence-corrected chi connectivity index (χ0v) is 11.3. The lowest BCUT2D eigenvalue weighted by atomic mass is 10.0. The van der Waals surface area contributed by atoms with E-state index in [1.54, 1.807) is 32.0 Å². The fraction of sp³-hybridized carbons (Fsp3) is 0.429. The molecule has 0 spiro atoms. The lowest BCUT2D eigenvalue weighted by Gasteiger charge is -2.08. The maximum Gasteiger partial charge on any atom is 0.310 e. The van der Waals surface area contributed by atoms with E-state index >= 15 is 0 Å². The topological polar surface area (TPSA) is 78.6 Å². The molecular formula is C14H19NO4. The van der Waals surface area contributed by atoms with Gasteiger partial charge in [0.05, 0.1) is 26.1 Å². The van der Waals surface area contributed by atoms with E-state index < -0.39 is 0 Å². The molecule has 0 aliphatic heterocycles. The molecule has 0 radical (unpaired) electrons. The summed E-state index contributed by atoms with van der Waals surface area (Å²) in [6.07, 6.45) is 0.317. The molecule has 1 rings (SSSR count). The van der Waals surface area contributed by atoms with Crippen molar-refractivity contribution in [1.29, 1.82) is 0 Å². The Kier molecular flexibility index (Phi) is 5.85. The van der Waals surface area contributed by atoms with Gasteiger partial charge < -0.3 is 15.2 Å². The zero-order valence-electron chi connectivity index (χ0n) is 11.3. The molecule has 0 atom stereocenters. The van der Waals surface area contributed by atoms with Crippen LogP contribution >= 0.6 is 0 Å². The molecule has 0 bridgehead atoms. The van der Waals surface area contributed by atoms with Crippen molar-refractivity contribution in [1.82, 2.24) is 0 Å². The molecule has 0 heterocycles. The van der Waals surface area contributed by atoms with E-state index in [1.807, 2.05) is 0 Å². The van der Waals surface area contributed by atoms with Gasteiger partial charge in [-0.2, -0.15) is 0 Å². The Morgan fingerprint density at radius 1 is 1.05 bits per heavy atom. The highest BCUT2D eigenvalue weighted by atomic mass is 16.5. The number of anilines is 1. The molecule has 0 aliphatic carbocycles. The molecule has 19 heavy (non-hydrogen) atoms. The van der Waals surface area contributed by atoms with Crippen LogP contribution in [0.15, 0.2) is 18.2 Å². The Balaban J connectivity index is 2.69. The first-order valence-electron chi connectivity index (χ1n) is 6.25. The van der Waals surface area contributed by atoms with Crippen LogP contribution in [-0.4, -0.2) is 25.2 Å². The van der Waals surface area contributed by atoms with Crippen molar-refractivity contribution < 1.29 is 19.1 Å². The number of nitrogens with two attached hydrogens (primary N) is 1. The average Bonchev–Trinajstić information content (AvgIpc) is 2.33. The first-order valence-corrected chi connectivity index (χ1v) is 6.25. The van der Waals surface area contributed by atoms with E-state index in [4.69, 9.17) is 15.2 Å². The van der Waals surface area contributed by atoms with Crippen molar-refractivity contribution in [2.24, 2.45) is 0 Å². The Labute approximate surface area is 112 Å². The summed E-state index contributed by atoms with van der Waals surface area (Å²) in [5, 5.41) is 0. The third-order valence-corrected chi connectivity index (χ3v) is 2.50. The number of esters is 2. The fourth-order valence-electron chi connectivity index (χ4n) is 1.66. The maximum absolute atomic E-state index is 11.4. The van der Waals surface area contributed by atoms with Crippen LogP contribution in [0.25, 0.3) is 0 Å². The Bertz CT molecular complexity index is 457. The molecule has 104 valence electrons. The first-order chi connectivity index (χ1) is 9.06. The van der Waals surface area contributed by atoms with Gasteiger partial charge >= 0.3 is 11.9 Å². The molecule has 0 fully saturated rings. The summed E-state index contributed by atoms with van der Waals surface area (Å²) < 4.78 is 9.72. The van der Waals surface area contributed by atoms with Crippen LogP contribution in [0.2, 0.25) is 0 Å². The van der Waals surface area contributed by atoms with Crippen LogP contribution in [0.1, 0.15) is 25.0 Å². The van der Waals surface area contributed by atoms with E-state index in [9.17, 15) is 9.59 Å². The Hall–Kier alpha value is -2.04. The fourth-order valence-corrected chi connectivity index (χ4v) is 1.66. The van der Waals surface area contributed by atoms with Crippen molar-refractivity contribution >= 4 is 17.6 Å². The van der Waals surface area contributed by atoms with Crippen molar-refractivity contribution in [3.8, 4) is 0 Å². The van der Waals surface area contributed by atoms with Gasteiger partial charge in [-0.1, -0.05) is 12.1 Å². The average molecular weight is 265 g/mol. The molecule has 1 aromatic carbocycles. The minimum absolute atomic E-state index is 0.138. The number of nitrogen functional groups attached to an aromatic ring is 1. The van der Waals surface area contributed by atoms with Gasteiger partial charge in [0.15, 0.2) is 0 Å². The number of ether oxygens (including phenoxy) is 2. The molecular weight excluding hydrogens is 246 g/mol. The third kappa shape index (κ3) is 4.99. The van der Waals surface area contributed by atoms with Crippen molar-refractivity contribution in [2.75, 3.05) is 18.9 Å². The summed E-state index contributed by atoms with van der Waals surface area (Å²) >= 11 is 0. The Morgan fingerprint density at radius 3 is 2.16 bits per heavy atom. The molecule has 0 aliphatic rings. The summed E-state index contributed by atoms with van der Waals surface area (Å²) in [6, 6.07) is 5.19. The van der Waals surface area contributed by atoms with Gasteiger partial charge in [0, 0.05) is 5.69 Å². The summed E-state index contributed by atoms with van der Waals surface area (Å²) in [7, 11) is 0. The van der Waals surface area contributed by atoms with E-state index in [0.717, 1.165) is 5.56 Å². The molecule has 0 saturated carbocycles. The highest BCUT2D eigenvalue weighted by Crippen LogP contribution is 2.16. The van der Waals surface area contributed by atoms with Crippen LogP contribution in [0.3, 0.4) is 0 Å². The second-order valence-corrected chi connectivity index (χ2v) is 4.00. The summed E-state index contributed by atoms with van der Waals surface area (Å²) in [5.74, 6) is -0.604. The molecule has 1 aromatic rings. The third-order valence-electron chi connectivity index (χ3n) is 2.50.